The Morgan fingerprint density at radius 1 is 1.09 bits per heavy atom. The van der Waals surface area contributed by atoms with Crippen molar-refractivity contribution in [2.45, 2.75) is 70.8 Å². The molecule has 1 aliphatic carbocycles. The van der Waals surface area contributed by atoms with Crippen molar-refractivity contribution in [1.82, 2.24) is 5.32 Å². The average molecular weight is 468 g/mol. The van der Waals surface area contributed by atoms with Crippen LogP contribution in [0, 0.1) is 12.8 Å². The molecule has 2 N–H and O–H groups in total. The molecule has 0 heterocycles. The number of nitrogens with one attached hydrogen (secondary N) is 1. The molecule has 1 amide bonds. The molecular weight excluding hydrogens is 430 g/mol. The van der Waals surface area contributed by atoms with Crippen LogP contribution in [0.5, 0.6) is 0 Å². The van der Waals surface area contributed by atoms with Gasteiger partial charge in [0.2, 0.25) is 0 Å². The quantitative estimate of drug-likeness (QED) is 0.409. The van der Waals surface area contributed by atoms with E-state index in [4.69, 9.17) is 0 Å². The van der Waals surface area contributed by atoms with Gasteiger partial charge < -0.3 is 10.4 Å². The first-order chi connectivity index (χ1) is 16.0. The van der Waals surface area contributed by atoms with Gasteiger partial charge in [-0.3, -0.25) is 4.79 Å². The normalized spacial score (nSPS) is 16.2. The first-order valence-corrected chi connectivity index (χ1v) is 13.6. The molecule has 0 spiro atoms. The third kappa shape index (κ3) is 6.41. The van der Waals surface area contributed by atoms with E-state index < -0.39 is 12.0 Å². The molecule has 2 atom stereocenters. The Labute approximate surface area is 202 Å². The smallest absolute Gasteiger partial charge is 0.326 e. The maximum Gasteiger partial charge on any atom is 0.326 e. The Hall–Kier alpha value is -2.27. The summed E-state index contributed by atoms with van der Waals surface area (Å²) < 4.78 is 0. The molecule has 0 aromatic heterocycles. The molecule has 2 aromatic rings. The lowest BCUT2D eigenvalue weighted by molar-refractivity contribution is -0.139. The van der Waals surface area contributed by atoms with Gasteiger partial charge in [-0.05, 0) is 84.8 Å². The molecule has 1 aliphatic rings. The van der Waals surface area contributed by atoms with Crippen LogP contribution < -0.4 is 5.32 Å². The largest absolute Gasteiger partial charge is 0.480 e. The molecule has 0 aliphatic heterocycles. The van der Waals surface area contributed by atoms with Crippen LogP contribution in [0.3, 0.4) is 0 Å². The molecule has 2 aromatic carbocycles. The van der Waals surface area contributed by atoms with Crippen molar-refractivity contribution >= 4 is 23.6 Å². The highest BCUT2D eigenvalue weighted by Gasteiger charge is 2.26. The summed E-state index contributed by atoms with van der Waals surface area (Å²) >= 11 is 1.58. The minimum absolute atomic E-state index is 0.320. The van der Waals surface area contributed by atoms with E-state index in [1.165, 1.54) is 37.7 Å². The predicted molar refractivity (Wildman–Crippen MR) is 138 cm³/mol. The summed E-state index contributed by atoms with van der Waals surface area (Å²) in [5.74, 6) is 0.545. The monoisotopic (exact) mass is 467 g/mol. The second kappa shape index (κ2) is 12.3. The molecular formula is C28H37NO3S. The number of aliphatic carboxylic acids is 1. The van der Waals surface area contributed by atoms with E-state index >= 15 is 0 Å². The fraction of sp³-hybridized carbons (Fsp3) is 0.500. The summed E-state index contributed by atoms with van der Waals surface area (Å²) in [6, 6.07) is 13.4. The molecule has 4 nitrogen and oxygen atoms in total. The van der Waals surface area contributed by atoms with E-state index in [0.717, 1.165) is 23.1 Å². The fourth-order valence-corrected chi connectivity index (χ4v) is 5.67. The lowest BCUT2D eigenvalue weighted by Gasteiger charge is -2.30. The zero-order valence-corrected chi connectivity index (χ0v) is 20.9. The second-order valence-electron chi connectivity index (χ2n) is 9.18. The predicted octanol–water partition coefficient (Wildman–Crippen LogP) is 6.67. The number of benzene rings is 2. The van der Waals surface area contributed by atoms with Gasteiger partial charge in [-0.15, -0.1) is 0 Å². The van der Waals surface area contributed by atoms with E-state index in [9.17, 15) is 14.7 Å². The highest BCUT2D eigenvalue weighted by Crippen LogP contribution is 2.40. The number of thioether (sulfide) groups is 1. The average Bonchev–Trinajstić information content (AvgIpc) is 2.83. The van der Waals surface area contributed by atoms with Crippen LogP contribution in [0.25, 0.3) is 11.1 Å². The first-order valence-electron chi connectivity index (χ1n) is 12.2. The number of hydrogen-bond acceptors (Lipinski definition) is 3. The Bertz CT molecular complexity index is 952. The van der Waals surface area contributed by atoms with Gasteiger partial charge in [-0.25, -0.2) is 4.79 Å². The Kier molecular flexibility index (Phi) is 9.42. The number of carboxylic acid groups (broad SMARTS) is 1. The summed E-state index contributed by atoms with van der Waals surface area (Å²) in [4.78, 5) is 25.0. The van der Waals surface area contributed by atoms with Crippen molar-refractivity contribution < 1.29 is 14.7 Å². The lowest BCUT2D eigenvalue weighted by Crippen LogP contribution is -2.41. The molecule has 0 radical (unpaired) electrons. The van der Waals surface area contributed by atoms with Gasteiger partial charge in [-0.2, -0.15) is 11.8 Å². The minimum atomic E-state index is -0.991. The Balaban J connectivity index is 2.00. The number of carbonyl (C=O) groups is 2. The number of hydrogen-bond donors (Lipinski definition) is 2. The van der Waals surface area contributed by atoms with Gasteiger partial charge in [0.05, 0.1) is 0 Å². The maximum absolute atomic E-state index is 13.3. The van der Waals surface area contributed by atoms with Crippen molar-refractivity contribution in [2.75, 3.05) is 12.0 Å². The van der Waals surface area contributed by atoms with Crippen molar-refractivity contribution in [1.29, 1.82) is 0 Å². The zero-order valence-electron chi connectivity index (χ0n) is 20.1. The maximum atomic E-state index is 13.3. The van der Waals surface area contributed by atoms with Crippen LogP contribution in [0.4, 0.5) is 0 Å². The number of aryl methyl sites for hydroxylation is 1. The first kappa shape index (κ1) is 25.4. The van der Waals surface area contributed by atoms with Crippen LogP contribution in [0.1, 0.15) is 79.3 Å². The highest BCUT2D eigenvalue weighted by molar-refractivity contribution is 7.98. The van der Waals surface area contributed by atoms with Crippen molar-refractivity contribution in [3.63, 3.8) is 0 Å². The van der Waals surface area contributed by atoms with Crippen LogP contribution in [-0.2, 0) is 4.79 Å². The number of carbonyl (C=O) groups excluding carboxylic acids is 1. The number of amides is 1. The van der Waals surface area contributed by atoms with Crippen molar-refractivity contribution in [3.8, 4) is 11.1 Å². The molecule has 2 unspecified atom stereocenters. The van der Waals surface area contributed by atoms with Gasteiger partial charge in [0.1, 0.15) is 6.04 Å². The summed E-state index contributed by atoms with van der Waals surface area (Å²) in [5, 5.41) is 12.4. The molecule has 178 valence electrons. The van der Waals surface area contributed by atoms with Crippen LogP contribution in [-0.4, -0.2) is 35.0 Å². The SMILES string of the molecule is CCC(c1ccc(C(=O)NC(CCSC)C(=O)O)c(-c2ccccc2C)c1)C1CCCCC1. The Morgan fingerprint density at radius 3 is 2.45 bits per heavy atom. The van der Waals surface area contributed by atoms with Crippen molar-refractivity contribution in [3.05, 3.63) is 59.2 Å². The fourth-order valence-electron chi connectivity index (χ4n) is 5.20. The third-order valence-corrected chi connectivity index (χ3v) is 7.67. The van der Waals surface area contributed by atoms with Crippen LogP contribution in [0.2, 0.25) is 0 Å². The van der Waals surface area contributed by atoms with Gasteiger partial charge >= 0.3 is 5.97 Å². The molecule has 1 saturated carbocycles. The number of rotatable bonds is 10. The zero-order chi connectivity index (χ0) is 23.8. The van der Waals surface area contributed by atoms with E-state index in [2.05, 4.69) is 43.4 Å². The van der Waals surface area contributed by atoms with E-state index in [0.29, 0.717) is 29.6 Å². The van der Waals surface area contributed by atoms with Gasteiger partial charge in [-0.1, -0.05) is 62.6 Å². The summed E-state index contributed by atoms with van der Waals surface area (Å²) in [6.45, 7) is 4.32. The molecule has 1 fully saturated rings. The Morgan fingerprint density at radius 2 is 1.82 bits per heavy atom. The van der Waals surface area contributed by atoms with E-state index in [-0.39, 0.29) is 5.91 Å². The molecule has 0 saturated heterocycles. The number of carboxylic acids is 1. The van der Waals surface area contributed by atoms with Gasteiger partial charge in [0.15, 0.2) is 0 Å². The van der Waals surface area contributed by atoms with E-state index in [1.807, 2.05) is 24.5 Å². The summed E-state index contributed by atoms with van der Waals surface area (Å²) in [6.07, 6.45) is 9.91. The van der Waals surface area contributed by atoms with Gasteiger partial charge in [0, 0.05) is 5.56 Å². The molecule has 0 bridgehead atoms. The lowest BCUT2D eigenvalue weighted by atomic mass is 9.75. The van der Waals surface area contributed by atoms with E-state index in [1.54, 1.807) is 11.8 Å². The van der Waals surface area contributed by atoms with Crippen LogP contribution >= 0.6 is 11.8 Å². The second-order valence-corrected chi connectivity index (χ2v) is 10.2. The molecule has 3 rings (SSSR count). The standard InChI is InChI=1S/C28H37NO3S/c1-4-22(20-11-6-5-7-12-20)21-14-15-24(25(18-21)23-13-9-8-10-19(23)2)27(30)29-26(28(31)32)16-17-33-3/h8-10,13-15,18,20,22,26H,4-7,11-12,16-17H2,1-3H3,(H,29,30)(H,31,32). The van der Waals surface area contributed by atoms with Gasteiger partial charge in [0.25, 0.3) is 5.91 Å². The van der Waals surface area contributed by atoms with Crippen molar-refractivity contribution in [2.24, 2.45) is 5.92 Å². The highest BCUT2D eigenvalue weighted by atomic mass is 32.2. The summed E-state index contributed by atoms with van der Waals surface area (Å²) in [5.41, 5.74) is 4.86. The minimum Gasteiger partial charge on any atom is -0.480 e. The third-order valence-electron chi connectivity index (χ3n) is 7.02. The molecule has 33 heavy (non-hydrogen) atoms. The van der Waals surface area contributed by atoms with Crippen LogP contribution in [0.15, 0.2) is 42.5 Å². The topological polar surface area (TPSA) is 66.4 Å². The molecule has 5 heteroatoms. The summed E-state index contributed by atoms with van der Waals surface area (Å²) in [7, 11) is 0.